The number of nitrogens with zero attached hydrogens (tertiary/aromatic N) is 2. The van der Waals surface area contributed by atoms with Crippen LogP contribution in [-0.2, 0) is 6.42 Å². The number of anilines is 2. The number of furan rings is 1. The van der Waals surface area contributed by atoms with Crippen molar-refractivity contribution in [2.45, 2.75) is 13.3 Å². The average Bonchev–Trinajstić information content (AvgIpc) is 3.06. The Morgan fingerprint density at radius 2 is 1.78 bits per heavy atom. The zero-order valence-corrected chi connectivity index (χ0v) is 13.7. The van der Waals surface area contributed by atoms with E-state index in [1.54, 1.807) is 6.07 Å². The minimum Gasteiger partial charge on any atom is -0.456 e. The van der Waals surface area contributed by atoms with E-state index in [2.05, 4.69) is 34.3 Å². The van der Waals surface area contributed by atoms with Gasteiger partial charge in [0.1, 0.15) is 5.76 Å². The van der Waals surface area contributed by atoms with Gasteiger partial charge in [0.2, 0.25) is 0 Å². The Morgan fingerprint density at radius 3 is 2.39 bits per heavy atom. The molecule has 1 aliphatic heterocycles. The summed E-state index contributed by atoms with van der Waals surface area (Å²) in [6.07, 6.45) is 0.785. The van der Waals surface area contributed by atoms with E-state index in [1.807, 2.05) is 25.1 Å². The summed E-state index contributed by atoms with van der Waals surface area (Å²) in [6, 6.07) is 11.5. The number of likely N-dealkylation sites (N-methyl/N-ethyl adjacent to an activating group) is 1. The zero-order chi connectivity index (χ0) is 16.2. The Hall–Kier alpha value is -2.27. The van der Waals surface area contributed by atoms with Crippen molar-refractivity contribution in [1.82, 2.24) is 4.90 Å². The number of amides is 1. The van der Waals surface area contributed by atoms with Gasteiger partial charge in [0.05, 0.1) is 0 Å². The third-order valence-corrected chi connectivity index (χ3v) is 4.23. The highest BCUT2D eigenvalue weighted by Crippen LogP contribution is 2.20. The molecule has 2 heterocycles. The summed E-state index contributed by atoms with van der Waals surface area (Å²) in [6.45, 7) is 6.23. The lowest BCUT2D eigenvalue weighted by Gasteiger charge is -2.34. The van der Waals surface area contributed by atoms with E-state index < -0.39 is 0 Å². The van der Waals surface area contributed by atoms with Crippen LogP contribution in [0.4, 0.5) is 11.4 Å². The summed E-state index contributed by atoms with van der Waals surface area (Å²) < 4.78 is 5.47. The molecule has 1 fully saturated rings. The van der Waals surface area contributed by atoms with E-state index in [0.29, 0.717) is 5.76 Å². The SMILES string of the molecule is CCc1ccc(C(=O)Nc2ccc(N3CCN(C)CC3)cc2)o1. The summed E-state index contributed by atoms with van der Waals surface area (Å²) in [7, 11) is 2.15. The molecule has 1 saturated heterocycles. The topological polar surface area (TPSA) is 48.7 Å². The normalized spacial score (nSPS) is 15.7. The van der Waals surface area contributed by atoms with Crippen LogP contribution in [0, 0.1) is 0 Å². The molecule has 5 nitrogen and oxygen atoms in total. The summed E-state index contributed by atoms with van der Waals surface area (Å²) in [5, 5.41) is 2.87. The van der Waals surface area contributed by atoms with Gasteiger partial charge < -0.3 is 19.5 Å². The van der Waals surface area contributed by atoms with Gasteiger partial charge in [-0.15, -0.1) is 0 Å². The third kappa shape index (κ3) is 3.74. The first kappa shape index (κ1) is 15.6. The van der Waals surface area contributed by atoms with E-state index in [9.17, 15) is 4.79 Å². The quantitative estimate of drug-likeness (QED) is 0.943. The standard InChI is InChI=1S/C18H23N3O2/c1-3-16-8-9-17(23-16)18(22)19-14-4-6-15(7-5-14)21-12-10-20(2)11-13-21/h4-9H,3,10-13H2,1-2H3,(H,19,22). The predicted octanol–water partition coefficient (Wildman–Crippen LogP) is 2.85. The van der Waals surface area contributed by atoms with Crippen molar-refractivity contribution in [2.75, 3.05) is 43.4 Å². The third-order valence-electron chi connectivity index (χ3n) is 4.23. The minimum absolute atomic E-state index is 0.211. The fourth-order valence-electron chi connectivity index (χ4n) is 2.70. The van der Waals surface area contributed by atoms with Crippen LogP contribution in [0.25, 0.3) is 0 Å². The van der Waals surface area contributed by atoms with Crippen LogP contribution in [-0.4, -0.2) is 44.0 Å². The number of nitrogens with one attached hydrogen (secondary N) is 1. The van der Waals surface area contributed by atoms with Gasteiger partial charge >= 0.3 is 0 Å². The second kappa shape index (κ2) is 6.87. The highest BCUT2D eigenvalue weighted by molar-refractivity contribution is 6.02. The summed E-state index contributed by atoms with van der Waals surface area (Å²) in [5.74, 6) is 0.961. The molecule has 0 atom stereocenters. The molecule has 1 aromatic carbocycles. The molecule has 0 saturated carbocycles. The van der Waals surface area contributed by atoms with Crippen LogP contribution in [0.15, 0.2) is 40.8 Å². The molecule has 2 aromatic rings. The van der Waals surface area contributed by atoms with E-state index in [1.165, 1.54) is 5.69 Å². The summed E-state index contributed by atoms with van der Waals surface area (Å²) in [4.78, 5) is 16.8. The lowest BCUT2D eigenvalue weighted by molar-refractivity contribution is 0.0995. The van der Waals surface area contributed by atoms with Gasteiger partial charge in [-0.3, -0.25) is 4.79 Å². The average molecular weight is 313 g/mol. The largest absolute Gasteiger partial charge is 0.456 e. The van der Waals surface area contributed by atoms with E-state index in [-0.39, 0.29) is 5.91 Å². The van der Waals surface area contributed by atoms with Crippen LogP contribution < -0.4 is 10.2 Å². The molecule has 1 N–H and O–H groups in total. The number of piperazine rings is 1. The Balaban J connectivity index is 1.62. The molecule has 23 heavy (non-hydrogen) atoms. The lowest BCUT2D eigenvalue weighted by atomic mass is 10.2. The van der Waals surface area contributed by atoms with Crippen LogP contribution in [0.3, 0.4) is 0 Å². The molecule has 3 rings (SSSR count). The maximum atomic E-state index is 12.1. The highest BCUT2D eigenvalue weighted by Gasteiger charge is 2.15. The molecule has 1 aromatic heterocycles. The molecule has 0 radical (unpaired) electrons. The smallest absolute Gasteiger partial charge is 0.291 e. The monoisotopic (exact) mass is 313 g/mol. The predicted molar refractivity (Wildman–Crippen MR) is 92.2 cm³/mol. The van der Waals surface area contributed by atoms with Crippen molar-refractivity contribution in [3.8, 4) is 0 Å². The first-order valence-electron chi connectivity index (χ1n) is 8.09. The van der Waals surface area contributed by atoms with Gasteiger partial charge in [-0.1, -0.05) is 6.92 Å². The molecular weight excluding hydrogens is 290 g/mol. The number of hydrogen-bond donors (Lipinski definition) is 1. The van der Waals surface area contributed by atoms with Crippen LogP contribution in [0.5, 0.6) is 0 Å². The Kier molecular flexibility index (Phi) is 4.67. The van der Waals surface area contributed by atoms with E-state index in [0.717, 1.165) is 44.0 Å². The van der Waals surface area contributed by atoms with Crippen molar-refractivity contribution < 1.29 is 9.21 Å². The minimum atomic E-state index is -0.211. The fraction of sp³-hybridized carbons (Fsp3) is 0.389. The maximum absolute atomic E-state index is 12.1. The second-order valence-electron chi connectivity index (χ2n) is 5.91. The van der Waals surface area contributed by atoms with Crippen molar-refractivity contribution in [3.05, 3.63) is 47.9 Å². The van der Waals surface area contributed by atoms with Gasteiger partial charge in [-0.25, -0.2) is 0 Å². The Bertz CT molecular complexity index is 655. The Morgan fingerprint density at radius 1 is 1.09 bits per heavy atom. The number of carbonyl (C=O) groups is 1. The Labute approximate surface area is 136 Å². The second-order valence-corrected chi connectivity index (χ2v) is 5.91. The van der Waals surface area contributed by atoms with E-state index in [4.69, 9.17) is 4.42 Å². The van der Waals surface area contributed by atoms with Crippen LogP contribution in [0.1, 0.15) is 23.2 Å². The van der Waals surface area contributed by atoms with Gasteiger partial charge in [-0.2, -0.15) is 0 Å². The lowest BCUT2D eigenvalue weighted by Crippen LogP contribution is -2.44. The number of rotatable bonds is 4. The molecule has 0 bridgehead atoms. The molecule has 5 heteroatoms. The van der Waals surface area contributed by atoms with Gasteiger partial charge in [0.25, 0.3) is 5.91 Å². The highest BCUT2D eigenvalue weighted by atomic mass is 16.3. The fourth-order valence-corrected chi connectivity index (χ4v) is 2.70. The zero-order valence-electron chi connectivity index (χ0n) is 13.7. The van der Waals surface area contributed by atoms with Gasteiger partial charge in [0.15, 0.2) is 5.76 Å². The molecule has 0 unspecified atom stereocenters. The number of benzene rings is 1. The first-order chi connectivity index (χ1) is 11.2. The summed E-state index contributed by atoms with van der Waals surface area (Å²) in [5.41, 5.74) is 1.98. The molecular formula is C18H23N3O2. The van der Waals surface area contributed by atoms with Gasteiger partial charge in [0, 0.05) is 44.0 Å². The first-order valence-corrected chi connectivity index (χ1v) is 8.09. The molecule has 122 valence electrons. The molecule has 1 amide bonds. The molecule has 1 aliphatic rings. The van der Waals surface area contributed by atoms with Crippen molar-refractivity contribution in [2.24, 2.45) is 0 Å². The number of aryl methyl sites for hydroxylation is 1. The number of hydrogen-bond acceptors (Lipinski definition) is 4. The van der Waals surface area contributed by atoms with Crippen molar-refractivity contribution in [3.63, 3.8) is 0 Å². The van der Waals surface area contributed by atoms with Crippen LogP contribution in [0.2, 0.25) is 0 Å². The maximum Gasteiger partial charge on any atom is 0.291 e. The van der Waals surface area contributed by atoms with E-state index >= 15 is 0 Å². The molecule has 0 spiro atoms. The van der Waals surface area contributed by atoms with Crippen molar-refractivity contribution in [1.29, 1.82) is 0 Å². The van der Waals surface area contributed by atoms with Gasteiger partial charge in [-0.05, 0) is 43.4 Å². The van der Waals surface area contributed by atoms with Crippen LogP contribution >= 0.6 is 0 Å². The number of carbonyl (C=O) groups excluding carboxylic acids is 1. The molecule has 0 aliphatic carbocycles. The van der Waals surface area contributed by atoms with Crippen molar-refractivity contribution >= 4 is 17.3 Å². The summed E-state index contributed by atoms with van der Waals surface area (Å²) >= 11 is 0.